The normalized spacial score (nSPS) is 15.8. The van der Waals surface area contributed by atoms with Crippen molar-refractivity contribution in [3.05, 3.63) is 0 Å². The van der Waals surface area contributed by atoms with Gasteiger partial charge in [-0.1, -0.05) is 32.6 Å². The maximum Gasteiger partial charge on any atom is 0.220 e. The van der Waals surface area contributed by atoms with E-state index in [4.69, 9.17) is 10.2 Å². The van der Waals surface area contributed by atoms with Crippen molar-refractivity contribution in [2.24, 2.45) is 0 Å². The topological polar surface area (TPSA) is 110 Å². The number of carbonyl (C=O) groups is 1. The van der Waals surface area contributed by atoms with E-state index in [2.05, 4.69) is 12.2 Å². The van der Waals surface area contributed by atoms with Crippen molar-refractivity contribution < 1.29 is 25.2 Å². The van der Waals surface area contributed by atoms with Crippen molar-refractivity contribution >= 4 is 5.91 Å². The zero-order chi connectivity index (χ0) is 14.7. The maximum absolute atomic E-state index is 11.4. The second kappa shape index (κ2) is 11.2. The number of rotatable bonds is 11. The molecule has 0 saturated carbocycles. The number of aliphatic hydroxyl groups is 4. The summed E-state index contributed by atoms with van der Waals surface area (Å²) in [6, 6.07) is 0. The van der Waals surface area contributed by atoms with Gasteiger partial charge in [0.1, 0.15) is 12.2 Å². The van der Waals surface area contributed by atoms with Crippen molar-refractivity contribution in [3.63, 3.8) is 0 Å². The number of unbranched alkanes of at least 4 members (excludes halogenated alkanes) is 4. The van der Waals surface area contributed by atoms with Crippen LogP contribution < -0.4 is 5.32 Å². The predicted molar refractivity (Wildman–Crippen MR) is 71.5 cm³/mol. The van der Waals surface area contributed by atoms with Gasteiger partial charge in [-0.25, -0.2) is 0 Å². The molecule has 0 radical (unpaired) electrons. The van der Waals surface area contributed by atoms with Gasteiger partial charge in [-0.3, -0.25) is 4.79 Å². The zero-order valence-electron chi connectivity index (χ0n) is 11.6. The average molecular weight is 277 g/mol. The second-order valence-corrected chi connectivity index (χ2v) is 4.78. The van der Waals surface area contributed by atoms with Gasteiger partial charge in [-0.15, -0.1) is 0 Å². The Hall–Kier alpha value is -0.690. The fraction of sp³-hybridized carbons (Fsp3) is 0.923. The Labute approximate surface area is 114 Å². The summed E-state index contributed by atoms with van der Waals surface area (Å²) in [4.78, 5) is 11.4. The minimum absolute atomic E-state index is 0.133. The molecule has 6 nitrogen and oxygen atoms in total. The number of amides is 1. The highest BCUT2D eigenvalue weighted by molar-refractivity contribution is 5.75. The van der Waals surface area contributed by atoms with E-state index in [1.807, 2.05) is 0 Å². The summed E-state index contributed by atoms with van der Waals surface area (Å²) in [5, 5.41) is 39.0. The third kappa shape index (κ3) is 8.93. The molecule has 0 saturated heterocycles. The number of hydrogen-bond donors (Lipinski definition) is 5. The third-order valence-corrected chi connectivity index (χ3v) is 2.99. The van der Waals surface area contributed by atoms with Crippen molar-refractivity contribution in [1.29, 1.82) is 0 Å². The van der Waals surface area contributed by atoms with E-state index in [1.54, 1.807) is 0 Å². The fourth-order valence-corrected chi connectivity index (χ4v) is 1.68. The van der Waals surface area contributed by atoms with E-state index in [0.717, 1.165) is 25.7 Å². The summed E-state index contributed by atoms with van der Waals surface area (Å²) < 4.78 is 0. The highest BCUT2D eigenvalue weighted by atomic mass is 16.4. The number of aliphatic hydroxyl groups excluding tert-OH is 4. The van der Waals surface area contributed by atoms with Gasteiger partial charge < -0.3 is 25.7 Å². The number of hydrogen-bond acceptors (Lipinski definition) is 5. The van der Waals surface area contributed by atoms with Crippen molar-refractivity contribution in [2.45, 2.75) is 63.8 Å². The molecule has 0 aromatic heterocycles. The number of nitrogens with one attached hydrogen (secondary N) is 1. The molecule has 0 bridgehead atoms. The minimum atomic E-state index is -1.46. The SMILES string of the molecule is CCCCCCCC(=O)NC[C@@H](O)[C@H](O)[C@@H](O)CO. The Morgan fingerprint density at radius 1 is 1.05 bits per heavy atom. The molecule has 1 amide bonds. The standard InChI is InChI=1S/C13H27NO5/c1-2-3-4-5-6-7-12(18)14-8-10(16)13(19)11(17)9-15/h10-11,13,15-17,19H,2-9H2,1H3,(H,14,18)/t10-,11+,13+/m1/s1. The molecular weight excluding hydrogens is 250 g/mol. The first-order chi connectivity index (χ1) is 9.02. The molecule has 0 aliphatic rings. The Morgan fingerprint density at radius 2 is 1.68 bits per heavy atom. The molecule has 0 aliphatic heterocycles. The Bertz CT molecular complexity index is 237. The van der Waals surface area contributed by atoms with E-state index in [1.165, 1.54) is 6.42 Å². The van der Waals surface area contributed by atoms with Crippen LogP contribution in [0.15, 0.2) is 0 Å². The lowest BCUT2D eigenvalue weighted by molar-refractivity contribution is -0.123. The molecule has 0 rings (SSSR count). The van der Waals surface area contributed by atoms with Gasteiger partial charge in [-0.2, -0.15) is 0 Å². The van der Waals surface area contributed by atoms with Crippen LogP contribution in [0.1, 0.15) is 45.4 Å². The summed E-state index contributed by atoms with van der Waals surface area (Å²) in [5.41, 5.74) is 0. The van der Waals surface area contributed by atoms with E-state index >= 15 is 0 Å². The first-order valence-electron chi connectivity index (χ1n) is 6.94. The molecule has 0 aromatic rings. The van der Waals surface area contributed by atoms with Gasteiger partial charge >= 0.3 is 0 Å². The highest BCUT2D eigenvalue weighted by Crippen LogP contribution is 2.05. The molecule has 0 heterocycles. The van der Waals surface area contributed by atoms with E-state index in [9.17, 15) is 15.0 Å². The maximum atomic E-state index is 11.4. The van der Waals surface area contributed by atoms with Crippen LogP contribution in [0.4, 0.5) is 0 Å². The van der Waals surface area contributed by atoms with E-state index < -0.39 is 24.9 Å². The Balaban J connectivity index is 3.66. The summed E-state index contributed by atoms with van der Waals surface area (Å²) in [6.45, 7) is 1.36. The molecule has 0 fully saturated rings. The lowest BCUT2D eigenvalue weighted by Gasteiger charge is -2.21. The van der Waals surface area contributed by atoms with Crippen LogP contribution in [0.2, 0.25) is 0 Å². The summed E-state index contributed by atoms with van der Waals surface area (Å²) in [7, 11) is 0. The van der Waals surface area contributed by atoms with Gasteiger partial charge in [0.2, 0.25) is 5.91 Å². The van der Waals surface area contributed by atoms with Crippen molar-refractivity contribution in [2.75, 3.05) is 13.2 Å². The van der Waals surface area contributed by atoms with Crippen LogP contribution in [0.25, 0.3) is 0 Å². The van der Waals surface area contributed by atoms with Gasteiger partial charge in [0.15, 0.2) is 0 Å². The molecule has 19 heavy (non-hydrogen) atoms. The summed E-state index contributed by atoms with van der Waals surface area (Å²) in [5.74, 6) is -0.179. The van der Waals surface area contributed by atoms with Gasteiger partial charge in [-0.05, 0) is 6.42 Å². The van der Waals surface area contributed by atoms with E-state index in [-0.39, 0.29) is 12.5 Å². The highest BCUT2D eigenvalue weighted by Gasteiger charge is 2.24. The van der Waals surface area contributed by atoms with Crippen LogP contribution in [0.3, 0.4) is 0 Å². The Kier molecular flexibility index (Phi) is 10.8. The quantitative estimate of drug-likeness (QED) is 0.328. The van der Waals surface area contributed by atoms with E-state index in [0.29, 0.717) is 6.42 Å². The molecule has 0 aliphatic carbocycles. The smallest absolute Gasteiger partial charge is 0.220 e. The molecule has 0 spiro atoms. The first kappa shape index (κ1) is 18.3. The minimum Gasteiger partial charge on any atom is -0.394 e. The van der Waals surface area contributed by atoms with Gasteiger partial charge in [0.05, 0.1) is 12.7 Å². The van der Waals surface area contributed by atoms with Gasteiger partial charge in [0.25, 0.3) is 0 Å². The molecule has 114 valence electrons. The predicted octanol–water partition coefficient (Wildman–Crippen LogP) is -0.462. The molecule has 3 atom stereocenters. The monoisotopic (exact) mass is 277 g/mol. The molecule has 0 unspecified atom stereocenters. The fourth-order valence-electron chi connectivity index (χ4n) is 1.68. The van der Waals surface area contributed by atoms with Crippen LogP contribution in [-0.4, -0.2) is 57.8 Å². The number of carbonyl (C=O) groups excluding carboxylic acids is 1. The van der Waals surface area contributed by atoms with Crippen molar-refractivity contribution in [1.82, 2.24) is 5.32 Å². The Morgan fingerprint density at radius 3 is 2.26 bits per heavy atom. The zero-order valence-corrected chi connectivity index (χ0v) is 11.6. The van der Waals surface area contributed by atoms with Crippen LogP contribution in [-0.2, 0) is 4.79 Å². The average Bonchev–Trinajstić information content (AvgIpc) is 2.42. The van der Waals surface area contributed by atoms with Gasteiger partial charge in [0, 0.05) is 13.0 Å². The summed E-state index contributed by atoms with van der Waals surface area (Å²) in [6.07, 6.45) is 1.51. The molecule has 0 aromatic carbocycles. The van der Waals surface area contributed by atoms with Crippen LogP contribution >= 0.6 is 0 Å². The lowest BCUT2D eigenvalue weighted by atomic mass is 10.1. The largest absolute Gasteiger partial charge is 0.394 e. The third-order valence-electron chi connectivity index (χ3n) is 2.99. The van der Waals surface area contributed by atoms with Crippen LogP contribution in [0.5, 0.6) is 0 Å². The first-order valence-corrected chi connectivity index (χ1v) is 6.94. The molecule has 5 N–H and O–H groups in total. The van der Waals surface area contributed by atoms with Crippen molar-refractivity contribution in [3.8, 4) is 0 Å². The molecular formula is C13H27NO5. The molecule has 6 heteroatoms. The lowest BCUT2D eigenvalue weighted by Crippen LogP contribution is -2.45. The summed E-state index contributed by atoms with van der Waals surface area (Å²) >= 11 is 0. The second-order valence-electron chi connectivity index (χ2n) is 4.78. The van der Waals surface area contributed by atoms with Crippen LogP contribution in [0, 0.1) is 0 Å².